The van der Waals surface area contributed by atoms with Crippen LogP contribution in [0, 0.1) is 6.92 Å². The van der Waals surface area contributed by atoms with Crippen LogP contribution in [-0.2, 0) is 4.79 Å². The molecule has 0 bridgehead atoms. The Balaban J connectivity index is 0.00000324. The summed E-state index contributed by atoms with van der Waals surface area (Å²) < 4.78 is 5.56. The second kappa shape index (κ2) is 9.64. The standard InChI is InChI=1S/C14H22N2O2.ClH/c1-11-5-3-6-13(9-11)18-8-4-7-14(17)16-12(2)10-15;/h3,5-6,9,12H,4,7-8,10,15H2,1-2H3,(H,16,17);1H/t12-;/m0./s1. The zero-order valence-electron chi connectivity index (χ0n) is 11.5. The molecule has 0 spiro atoms. The Morgan fingerprint density at radius 1 is 1.47 bits per heavy atom. The average Bonchev–Trinajstić information content (AvgIpc) is 2.34. The summed E-state index contributed by atoms with van der Waals surface area (Å²) in [4.78, 5) is 11.5. The lowest BCUT2D eigenvalue weighted by molar-refractivity contribution is -0.121. The third-order valence-corrected chi connectivity index (χ3v) is 2.57. The fraction of sp³-hybridized carbons (Fsp3) is 0.500. The van der Waals surface area contributed by atoms with Crippen LogP contribution in [0.15, 0.2) is 24.3 Å². The Hall–Kier alpha value is -1.26. The van der Waals surface area contributed by atoms with Crippen molar-refractivity contribution in [2.24, 2.45) is 5.73 Å². The fourth-order valence-corrected chi connectivity index (χ4v) is 1.53. The molecule has 0 saturated heterocycles. The molecule has 19 heavy (non-hydrogen) atoms. The lowest BCUT2D eigenvalue weighted by Gasteiger charge is -2.11. The molecule has 1 aromatic rings. The van der Waals surface area contributed by atoms with Crippen LogP contribution in [-0.4, -0.2) is 25.1 Å². The number of hydrogen-bond donors (Lipinski definition) is 2. The normalized spacial score (nSPS) is 11.3. The van der Waals surface area contributed by atoms with E-state index in [9.17, 15) is 4.79 Å². The highest BCUT2D eigenvalue weighted by molar-refractivity contribution is 5.85. The summed E-state index contributed by atoms with van der Waals surface area (Å²) in [6, 6.07) is 7.92. The zero-order valence-corrected chi connectivity index (χ0v) is 12.3. The second-order valence-electron chi connectivity index (χ2n) is 4.47. The van der Waals surface area contributed by atoms with E-state index in [4.69, 9.17) is 10.5 Å². The number of ether oxygens (including phenoxy) is 1. The smallest absolute Gasteiger partial charge is 0.220 e. The summed E-state index contributed by atoms with van der Waals surface area (Å²) in [5.74, 6) is 0.881. The molecule has 5 heteroatoms. The van der Waals surface area contributed by atoms with Gasteiger partial charge in [-0.3, -0.25) is 4.79 Å². The Morgan fingerprint density at radius 3 is 2.84 bits per heavy atom. The number of rotatable bonds is 7. The summed E-state index contributed by atoms with van der Waals surface area (Å²) in [7, 11) is 0. The maximum absolute atomic E-state index is 11.5. The Bertz CT molecular complexity index is 385. The number of nitrogens with one attached hydrogen (secondary N) is 1. The van der Waals surface area contributed by atoms with Gasteiger partial charge < -0.3 is 15.8 Å². The van der Waals surface area contributed by atoms with Crippen molar-refractivity contribution in [3.05, 3.63) is 29.8 Å². The van der Waals surface area contributed by atoms with Crippen LogP contribution in [0.4, 0.5) is 0 Å². The van der Waals surface area contributed by atoms with E-state index >= 15 is 0 Å². The molecule has 0 heterocycles. The van der Waals surface area contributed by atoms with E-state index in [1.807, 2.05) is 38.1 Å². The van der Waals surface area contributed by atoms with Gasteiger partial charge in [0.25, 0.3) is 0 Å². The third-order valence-electron chi connectivity index (χ3n) is 2.57. The summed E-state index contributed by atoms with van der Waals surface area (Å²) in [6.07, 6.45) is 1.17. The number of aryl methyl sites for hydroxylation is 1. The topological polar surface area (TPSA) is 64.3 Å². The SMILES string of the molecule is Cc1cccc(OCCCC(=O)N[C@@H](C)CN)c1.Cl. The summed E-state index contributed by atoms with van der Waals surface area (Å²) in [5, 5.41) is 2.82. The first kappa shape index (κ1) is 17.7. The Kier molecular flexibility index (Phi) is 9.00. The number of halogens is 1. The molecule has 0 fully saturated rings. The van der Waals surface area contributed by atoms with Crippen molar-refractivity contribution in [3.63, 3.8) is 0 Å². The number of hydrogen-bond acceptors (Lipinski definition) is 3. The van der Waals surface area contributed by atoms with Crippen molar-refractivity contribution in [1.29, 1.82) is 0 Å². The summed E-state index contributed by atoms with van der Waals surface area (Å²) in [6.45, 7) is 4.93. The molecule has 108 valence electrons. The van der Waals surface area contributed by atoms with E-state index in [1.165, 1.54) is 5.56 Å². The minimum atomic E-state index is 0. The van der Waals surface area contributed by atoms with Crippen molar-refractivity contribution >= 4 is 18.3 Å². The van der Waals surface area contributed by atoms with Gasteiger partial charge in [0, 0.05) is 19.0 Å². The van der Waals surface area contributed by atoms with Crippen LogP contribution in [0.3, 0.4) is 0 Å². The highest BCUT2D eigenvalue weighted by atomic mass is 35.5. The molecule has 1 atom stereocenters. The number of carbonyl (C=O) groups is 1. The van der Waals surface area contributed by atoms with E-state index in [0.717, 1.165) is 5.75 Å². The van der Waals surface area contributed by atoms with Crippen LogP contribution < -0.4 is 15.8 Å². The molecule has 0 aliphatic heterocycles. The molecule has 0 saturated carbocycles. The van der Waals surface area contributed by atoms with Gasteiger partial charge in [-0.15, -0.1) is 12.4 Å². The average molecular weight is 287 g/mol. The molecule has 0 unspecified atom stereocenters. The molecule has 0 aliphatic carbocycles. The Labute approximate surface area is 121 Å². The predicted molar refractivity (Wildman–Crippen MR) is 79.8 cm³/mol. The van der Waals surface area contributed by atoms with E-state index in [0.29, 0.717) is 26.0 Å². The van der Waals surface area contributed by atoms with Gasteiger partial charge in [0.05, 0.1) is 6.61 Å². The van der Waals surface area contributed by atoms with Crippen LogP contribution in [0.5, 0.6) is 5.75 Å². The predicted octanol–water partition coefficient (Wildman–Crippen LogP) is 2.04. The molecule has 0 aliphatic rings. The molecular formula is C14H23ClN2O2. The minimum absolute atomic E-state index is 0. The molecule has 3 N–H and O–H groups in total. The van der Waals surface area contributed by atoms with Gasteiger partial charge in [0.15, 0.2) is 0 Å². The first-order valence-electron chi connectivity index (χ1n) is 6.30. The lowest BCUT2D eigenvalue weighted by Crippen LogP contribution is -2.37. The summed E-state index contributed by atoms with van der Waals surface area (Å²) >= 11 is 0. The van der Waals surface area contributed by atoms with Gasteiger partial charge in [0.2, 0.25) is 5.91 Å². The highest BCUT2D eigenvalue weighted by Crippen LogP contribution is 2.12. The Morgan fingerprint density at radius 2 is 2.21 bits per heavy atom. The van der Waals surface area contributed by atoms with E-state index in [-0.39, 0.29) is 24.4 Å². The second-order valence-corrected chi connectivity index (χ2v) is 4.47. The van der Waals surface area contributed by atoms with Gasteiger partial charge in [-0.05, 0) is 38.0 Å². The molecule has 0 aromatic heterocycles. The number of carbonyl (C=O) groups excluding carboxylic acids is 1. The van der Waals surface area contributed by atoms with Crippen LogP contribution >= 0.6 is 12.4 Å². The fourth-order valence-electron chi connectivity index (χ4n) is 1.53. The quantitative estimate of drug-likeness (QED) is 0.754. The van der Waals surface area contributed by atoms with Crippen LogP contribution in [0.25, 0.3) is 0 Å². The van der Waals surface area contributed by atoms with Crippen molar-refractivity contribution in [3.8, 4) is 5.75 Å². The van der Waals surface area contributed by atoms with E-state index < -0.39 is 0 Å². The van der Waals surface area contributed by atoms with Gasteiger partial charge in [-0.1, -0.05) is 12.1 Å². The minimum Gasteiger partial charge on any atom is -0.494 e. The number of amides is 1. The molecular weight excluding hydrogens is 264 g/mol. The van der Waals surface area contributed by atoms with Crippen molar-refractivity contribution in [2.45, 2.75) is 32.7 Å². The van der Waals surface area contributed by atoms with Gasteiger partial charge in [-0.2, -0.15) is 0 Å². The first-order chi connectivity index (χ1) is 8.61. The molecule has 1 rings (SSSR count). The largest absolute Gasteiger partial charge is 0.494 e. The van der Waals surface area contributed by atoms with E-state index in [2.05, 4.69) is 5.32 Å². The molecule has 1 amide bonds. The highest BCUT2D eigenvalue weighted by Gasteiger charge is 2.05. The lowest BCUT2D eigenvalue weighted by atomic mass is 10.2. The van der Waals surface area contributed by atoms with Crippen molar-refractivity contribution in [1.82, 2.24) is 5.32 Å². The van der Waals surface area contributed by atoms with Gasteiger partial charge >= 0.3 is 0 Å². The first-order valence-corrected chi connectivity index (χ1v) is 6.30. The van der Waals surface area contributed by atoms with Crippen molar-refractivity contribution < 1.29 is 9.53 Å². The zero-order chi connectivity index (χ0) is 13.4. The van der Waals surface area contributed by atoms with Crippen molar-refractivity contribution in [2.75, 3.05) is 13.2 Å². The van der Waals surface area contributed by atoms with Gasteiger partial charge in [0.1, 0.15) is 5.75 Å². The van der Waals surface area contributed by atoms with Crippen LogP contribution in [0.1, 0.15) is 25.3 Å². The molecule has 1 aromatic carbocycles. The number of nitrogens with two attached hydrogens (primary N) is 1. The maximum atomic E-state index is 11.5. The van der Waals surface area contributed by atoms with Crippen LogP contribution in [0.2, 0.25) is 0 Å². The van der Waals surface area contributed by atoms with Gasteiger partial charge in [-0.25, -0.2) is 0 Å². The number of benzene rings is 1. The van der Waals surface area contributed by atoms with E-state index in [1.54, 1.807) is 0 Å². The monoisotopic (exact) mass is 286 g/mol. The third kappa shape index (κ3) is 7.70. The molecule has 0 radical (unpaired) electrons. The maximum Gasteiger partial charge on any atom is 0.220 e. The summed E-state index contributed by atoms with van der Waals surface area (Å²) in [5.41, 5.74) is 6.59. The molecule has 4 nitrogen and oxygen atoms in total.